The molecule has 0 amide bonds. The number of rotatable bonds is 3. The number of ether oxygens (including phenoxy) is 1. The quantitative estimate of drug-likeness (QED) is 0.567. The maximum atomic E-state index is 13.2. The first-order valence-electron chi connectivity index (χ1n) is 4.51. The highest BCUT2D eigenvalue weighted by molar-refractivity contribution is 5.32. The van der Waals surface area contributed by atoms with Crippen LogP contribution in [0, 0.1) is 5.82 Å². The molecule has 1 rings (SSSR count). The van der Waals surface area contributed by atoms with E-state index in [4.69, 9.17) is 0 Å². The lowest BCUT2D eigenvalue weighted by molar-refractivity contribution is -0.275. The first-order valence-corrected chi connectivity index (χ1v) is 4.51. The molecular formula is C11H10F4O. The second-order valence-corrected chi connectivity index (χ2v) is 3.26. The molecule has 1 nitrogen and oxygen atoms in total. The van der Waals surface area contributed by atoms with E-state index in [1.807, 2.05) is 0 Å². The highest BCUT2D eigenvalue weighted by Gasteiger charge is 2.32. The Morgan fingerprint density at radius 1 is 1.38 bits per heavy atom. The molecule has 0 aliphatic heterocycles. The van der Waals surface area contributed by atoms with Crippen LogP contribution in [0.1, 0.15) is 18.4 Å². The average molecular weight is 234 g/mol. The van der Waals surface area contributed by atoms with Crippen LogP contribution in [0.5, 0.6) is 5.75 Å². The van der Waals surface area contributed by atoms with Gasteiger partial charge in [0.25, 0.3) is 0 Å². The molecule has 0 spiro atoms. The number of hydrogen-bond acceptors (Lipinski definition) is 1. The minimum absolute atomic E-state index is 0.130. The number of alkyl halides is 3. The normalized spacial score (nSPS) is 13.3. The van der Waals surface area contributed by atoms with Gasteiger partial charge in [-0.25, -0.2) is 4.39 Å². The first kappa shape index (κ1) is 12.5. The van der Waals surface area contributed by atoms with Crippen LogP contribution in [0.25, 0.3) is 0 Å². The van der Waals surface area contributed by atoms with Crippen LogP contribution >= 0.6 is 0 Å². The third-order valence-corrected chi connectivity index (χ3v) is 2.06. The lowest BCUT2D eigenvalue weighted by atomic mass is 10.0. The average Bonchev–Trinajstić information content (AvgIpc) is 2.18. The van der Waals surface area contributed by atoms with Gasteiger partial charge in [-0.2, -0.15) is 0 Å². The second kappa shape index (κ2) is 4.55. The van der Waals surface area contributed by atoms with Crippen LogP contribution in [0.15, 0.2) is 30.9 Å². The third-order valence-electron chi connectivity index (χ3n) is 2.06. The van der Waals surface area contributed by atoms with Gasteiger partial charge in [-0.05, 0) is 23.6 Å². The molecule has 0 saturated carbocycles. The van der Waals surface area contributed by atoms with Crippen LogP contribution in [-0.2, 0) is 0 Å². The summed E-state index contributed by atoms with van der Waals surface area (Å²) in [6.07, 6.45) is -3.31. The molecule has 0 bridgehead atoms. The van der Waals surface area contributed by atoms with Gasteiger partial charge in [0.1, 0.15) is 0 Å². The van der Waals surface area contributed by atoms with Crippen LogP contribution < -0.4 is 4.74 Å². The largest absolute Gasteiger partial charge is 0.573 e. The van der Waals surface area contributed by atoms with Crippen LogP contribution in [0.3, 0.4) is 0 Å². The van der Waals surface area contributed by atoms with Crippen molar-refractivity contribution >= 4 is 0 Å². The summed E-state index contributed by atoms with van der Waals surface area (Å²) in [5, 5.41) is 0. The Morgan fingerprint density at radius 2 is 2.00 bits per heavy atom. The van der Waals surface area contributed by atoms with Gasteiger partial charge in [0, 0.05) is 0 Å². The fourth-order valence-corrected chi connectivity index (χ4v) is 1.14. The van der Waals surface area contributed by atoms with Crippen LogP contribution in [-0.4, -0.2) is 6.36 Å². The van der Waals surface area contributed by atoms with Gasteiger partial charge in [-0.3, -0.25) is 0 Å². The van der Waals surface area contributed by atoms with Crippen molar-refractivity contribution < 1.29 is 22.3 Å². The van der Waals surface area contributed by atoms with E-state index in [1.54, 1.807) is 13.0 Å². The molecule has 0 saturated heterocycles. The molecule has 1 aromatic rings. The standard InChI is InChI=1S/C11H10F4O/c1-3-7(2)8-4-5-10(9(12)6-8)16-11(13,14)15/h3-7H,1H2,2H3. The molecule has 88 valence electrons. The van der Waals surface area contributed by atoms with Crippen molar-refractivity contribution in [3.05, 3.63) is 42.2 Å². The molecule has 0 aliphatic rings. The number of halogens is 4. The molecule has 0 fully saturated rings. The monoisotopic (exact) mass is 234 g/mol. The molecule has 0 radical (unpaired) electrons. The van der Waals surface area contributed by atoms with Crippen LogP contribution in [0.2, 0.25) is 0 Å². The SMILES string of the molecule is C=CC(C)c1ccc(OC(F)(F)F)c(F)c1. The molecule has 0 aliphatic carbocycles. The Kier molecular flexibility index (Phi) is 3.57. The lowest BCUT2D eigenvalue weighted by Crippen LogP contribution is -2.18. The summed E-state index contributed by atoms with van der Waals surface area (Å²) < 4.78 is 52.2. The van der Waals surface area contributed by atoms with E-state index in [0.29, 0.717) is 5.56 Å². The maximum absolute atomic E-state index is 13.2. The van der Waals surface area contributed by atoms with Crippen molar-refractivity contribution in [2.24, 2.45) is 0 Å². The zero-order valence-electron chi connectivity index (χ0n) is 8.51. The fraction of sp³-hybridized carbons (Fsp3) is 0.273. The van der Waals surface area contributed by atoms with Gasteiger partial charge >= 0.3 is 6.36 Å². The van der Waals surface area contributed by atoms with E-state index in [-0.39, 0.29) is 5.92 Å². The smallest absolute Gasteiger partial charge is 0.403 e. The van der Waals surface area contributed by atoms with Gasteiger partial charge in [-0.15, -0.1) is 19.8 Å². The van der Waals surface area contributed by atoms with Crippen molar-refractivity contribution in [3.63, 3.8) is 0 Å². The number of hydrogen-bond donors (Lipinski definition) is 0. The van der Waals surface area contributed by atoms with E-state index < -0.39 is 17.9 Å². The molecule has 1 unspecified atom stereocenters. The molecular weight excluding hydrogens is 224 g/mol. The third kappa shape index (κ3) is 3.25. The fourth-order valence-electron chi connectivity index (χ4n) is 1.14. The predicted molar refractivity (Wildman–Crippen MR) is 51.7 cm³/mol. The minimum atomic E-state index is -4.88. The minimum Gasteiger partial charge on any atom is -0.403 e. The van der Waals surface area contributed by atoms with E-state index in [1.165, 1.54) is 6.07 Å². The molecule has 0 N–H and O–H groups in total. The summed E-state index contributed by atoms with van der Waals surface area (Å²) in [6.45, 7) is 5.27. The molecule has 1 aromatic carbocycles. The molecule has 0 heterocycles. The van der Waals surface area contributed by atoms with Gasteiger partial charge in [0.15, 0.2) is 11.6 Å². The van der Waals surface area contributed by atoms with Gasteiger partial charge in [-0.1, -0.05) is 19.1 Å². The molecule has 0 aromatic heterocycles. The van der Waals surface area contributed by atoms with E-state index >= 15 is 0 Å². The van der Waals surface area contributed by atoms with Crippen molar-refractivity contribution in [1.82, 2.24) is 0 Å². The zero-order chi connectivity index (χ0) is 12.3. The summed E-state index contributed by atoms with van der Waals surface area (Å²) in [7, 11) is 0. The molecule has 16 heavy (non-hydrogen) atoms. The topological polar surface area (TPSA) is 9.23 Å². The first-order chi connectivity index (χ1) is 7.33. The second-order valence-electron chi connectivity index (χ2n) is 3.26. The molecule has 1 atom stereocenters. The summed E-state index contributed by atoms with van der Waals surface area (Å²) in [5.41, 5.74) is 0.544. The summed E-state index contributed by atoms with van der Waals surface area (Å²) >= 11 is 0. The summed E-state index contributed by atoms with van der Waals surface area (Å²) in [6, 6.07) is 3.34. The number of benzene rings is 1. The van der Waals surface area contributed by atoms with Gasteiger partial charge in [0.05, 0.1) is 0 Å². The Hall–Kier alpha value is -1.52. The van der Waals surface area contributed by atoms with Gasteiger partial charge < -0.3 is 4.74 Å². The van der Waals surface area contributed by atoms with Crippen molar-refractivity contribution in [2.45, 2.75) is 19.2 Å². The van der Waals surface area contributed by atoms with Gasteiger partial charge in [0.2, 0.25) is 0 Å². The van der Waals surface area contributed by atoms with E-state index in [9.17, 15) is 17.6 Å². The Bertz CT molecular complexity index is 384. The summed E-state index contributed by atoms with van der Waals surface area (Å²) in [5.74, 6) is -1.99. The lowest BCUT2D eigenvalue weighted by Gasteiger charge is -2.12. The van der Waals surface area contributed by atoms with E-state index in [2.05, 4.69) is 11.3 Å². The predicted octanol–water partition coefficient (Wildman–Crippen LogP) is 4.01. The van der Waals surface area contributed by atoms with E-state index in [0.717, 1.165) is 12.1 Å². The van der Waals surface area contributed by atoms with Crippen molar-refractivity contribution in [1.29, 1.82) is 0 Å². The van der Waals surface area contributed by atoms with Crippen LogP contribution in [0.4, 0.5) is 17.6 Å². The Labute approximate surface area is 90.3 Å². The number of allylic oxidation sites excluding steroid dienone is 1. The maximum Gasteiger partial charge on any atom is 0.573 e. The van der Waals surface area contributed by atoms with Crippen molar-refractivity contribution in [2.75, 3.05) is 0 Å². The van der Waals surface area contributed by atoms with Crippen molar-refractivity contribution in [3.8, 4) is 5.75 Å². The Morgan fingerprint density at radius 3 is 2.44 bits per heavy atom. The summed E-state index contributed by atoms with van der Waals surface area (Å²) in [4.78, 5) is 0. The highest BCUT2D eigenvalue weighted by Crippen LogP contribution is 2.28. The highest BCUT2D eigenvalue weighted by atomic mass is 19.4. The zero-order valence-corrected chi connectivity index (χ0v) is 8.51. The molecule has 5 heteroatoms. The Balaban J connectivity index is 2.96.